The van der Waals surface area contributed by atoms with Gasteiger partial charge in [-0.1, -0.05) is 29.3 Å². The lowest BCUT2D eigenvalue weighted by Gasteiger charge is -2.11. The minimum atomic E-state index is -3.36. The summed E-state index contributed by atoms with van der Waals surface area (Å²) in [7, 11) is -3.36. The van der Waals surface area contributed by atoms with Crippen molar-refractivity contribution in [3.8, 4) is 5.75 Å². The molecule has 0 aliphatic carbocycles. The number of anilines is 1. The summed E-state index contributed by atoms with van der Waals surface area (Å²) < 4.78 is 28.5. The number of carbonyl (C=O) groups excluding carboxylic acids is 1. The van der Waals surface area contributed by atoms with Crippen molar-refractivity contribution < 1.29 is 17.9 Å². The zero-order chi connectivity index (χ0) is 17.9. The molecule has 0 aliphatic heterocycles. The Hall–Kier alpha value is -1.76. The van der Waals surface area contributed by atoms with Crippen LogP contribution >= 0.6 is 23.2 Å². The van der Waals surface area contributed by atoms with Crippen LogP contribution < -0.4 is 10.1 Å². The Morgan fingerprint density at radius 3 is 2.54 bits per heavy atom. The normalized spacial score (nSPS) is 11.2. The molecular weight excluding hydrogens is 373 g/mol. The third-order valence-electron chi connectivity index (χ3n) is 3.16. The van der Waals surface area contributed by atoms with E-state index in [1.165, 1.54) is 18.2 Å². The largest absolute Gasteiger partial charge is 0.482 e. The molecule has 128 valence electrons. The third kappa shape index (κ3) is 4.87. The van der Waals surface area contributed by atoms with Crippen LogP contribution in [0.25, 0.3) is 0 Å². The average molecular weight is 388 g/mol. The van der Waals surface area contributed by atoms with Crippen molar-refractivity contribution in [3.05, 3.63) is 52.0 Å². The Morgan fingerprint density at radius 1 is 1.17 bits per heavy atom. The molecule has 2 rings (SSSR count). The van der Waals surface area contributed by atoms with Crippen molar-refractivity contribution in [1.29, 1.82) is 0 Å². The summed E-state index contributed by atoms with van der Waals surface area (Å²) in [5, 5.41) is 3.39. The minimum Gasteiger partial charge on any atom is -0.482 e. The number of benzene rings is 2. The van der Waals surface area contributed by atoms with Gasteiger partial charge >= 0.3 is 0 Å². The van der Waals surface area contributed by atoms with Crippen molar-refractivity contribution in [2.24, 2.45) is 0 Å². The van der Waals surface area contributed by atoms with E-state index in [0.717, 1.165) is 11.8 Å². The summed E-state index contributed by atoms with van der Waals surface area (Å²) in [5.74, 6) is -0.152. The maximum atomic E-state index is 12.0. The Morgan fingerprint density at radius 2 is 1.88 bits per heavy atom. The first-order valence-electron chi connectivity index (χ1n) is 6.85. The average Bonchev–Trinajstić information content (AvgIpc) is 2.49. The smallest absolute Gasteiger partial charge is 0.262 e. The van der Waals surface area contributed by atoms with E-state index in [4.69, 9.17) is 27.9 Å². The molecule has 1 N–H and O–H groups in total. The molecule has 0 saturated carbocycles. The Labute approximate surface area is 150 Å². The van der Waals surface area contributed by atoms with Gasteiger partial charge in [-0.3, -0.25) is 4.79 Å². The second-order valence-electron chi connectivity index (χ2n) is 5.16. The van der Waals surface area contributed by atoms with Crippen LogP contribution in [0.5, 0.6) is 5.75 Å². The van der Waals surface area contributed by atoms with Gasteiger partial charge in [0.2, 0.25) is 0 Å². The maximum absolute atomic E-state index is 12.0. The number of amides is 1. The van der Waals surface area contributed by atoms with Crippen LogP contribution in [-0.4, -0.2) is 27.2 Å². The highest BCUT2D eigenvalue weighted by molar-refractivity contribution is 7.90. The van der Waals surface area contributed by atoms with E-state index in [2.05, 4.69) is 5.32 Å². The van der Waals surface area contributed by atoms with Crippen LogP contribution in [0.2, 0.25) is 10.0 Å². The Bertz CT molecular complexity index is 882. The van der Waals surface area contributed by atoms with E-state index >= 15 is 0 Å². The number of nitrogens with one attached hydrogen (secondary N) is 1. The van der Waals surface area contributed by atoms with E-state index in [0.29, 0.717) is 21.5 Å². The van der Waals surface area contributed by atoms with Crippen LogP contribution in [0.4, 0.5) is 5.69 Å². The van der Waals surface area contributed by atoms with Crippen molar-refractivity contribution in [2.75, 3.05) is 18.2 Å². The van der Waals surface area contributed by atoms with Gasteiger partial charge in [0.25, 0.3) is 5.91 Å². The molecular formula is C16H15Cl2NO4S. The van der Waals surface area contributed by atoms with Gasteiger partial charge in [-0.15, -0.1) is 0 Å². The first kappa shape index (κ1) is 18.6. The summed E-state index contributed by atoms with van der Waals surface area (Å²) in [6.45, 7) is 1.47. The quantitative estimate of drug-likeness (QED) is 0.848. The van der Waals surface area contributed by atoms with Crippen LogP contribution in [0.15, 0.2) is 41.3 Å². The van der Waals surface area contributed by atoms with Gasteiger partial charge in [0.1, 0.15) is 5.75 Å². The SMILES string of the molecule is Cc1ccc(S(C)(=O)=O)cc1NC(=O)COc1cc(Cl)ccc1Cl. The van der Waals surface area contributed by atoms with Crippen LogP contribution in [-0.2, 0) is 14.6 Å². The fraction of sp³-hybridized carbons (Fsp3) is 0.188. The number of rotatable bonds is 5. The summed E-state index contributed by atoms with van der Waals surface area (Å²) in [5.41, 5.74) is 1.14. The first-order chi connectivity index (χ1) is 11.2. The molecule has 2 aromatic carbocycles. The van der Waals surface area contributed by atoms with E-state index in [-0.39, 0.29) is 11.5 Å². The number of halogens is 2. The number of hydrogen-bond acceptors (Lipinski definition) is 4. The highest BCUT2D eigenvalue weighted by atomic mass is 35.5. The molecule has 24 heavy (non-hydrogen) atoms. The molecule has 0 unspecified atom stereocenters. The van der Waals surface area contributed by atoms with Gasteiger partial charge < -0.3 is 10.1 Å². The van der Waals surface area contributed by atoms with E-state index in [1.807, 2.05) is 0 Å². The molecule has 0 fully saturated rings. The summed E-state index contributed by atoms with van der Waals surface area (Å²) in [6, 6.07) is 9.21. The molecule has 0 aromatic heterocycles. The number of ether oxygens (including phenoxy) is 1. The molecule has 0 radical (unpaired) electrons. The lowest BCUT2D eigenvalue weighted by Crippen LogP contribution is -2.21. The Kier molecular flexibility index (Phi) is 5.74. The van der Waals surface area contributed by atoms with Crippen LogP contribution in [0.3, 0.4) is 0 Å². The number of carbonyl (C=O) groups is 1. The second-order valence-corrected chi connectivity index (χ2v) is 8.02. The number of hydrogen-bond donors (Lipinski definition) is 1. The first-order valence-corrected chi connectivity index (χ1v) is 9.50. The van der Waals surface area contributed by atoms with E-state index in [1.54, 1.807) is 25.1 Å². The predicted molar refractivity (Wildman–Crippen MR) is 94.9 cm³/mol. The number of aryl methyl sites for hydroxylation is 1. The molecule has 1 amide bonds. The molecule has 0 aliphatic rings. The fourth-order valence-corrected chi connectivity index (χ4v) is 2.87. The van der Waals surface area contributed by atoms with E-state index in [9.17, 15) is 13.2 Å². The standard InChI is InChI=1S/C16H15Cl2NO4S/c1-10-3-5-12(24(2,21)22)8-14(10)19-16(20)9-23-15-7-11(17)4-6-13(15)18/h3-8H,9H2,1-2H3,(H,19,20). The monoisotopic (exact) mass is 387 g/mol. The molecule has 0 atom stereocenters. The van der Waals surface area contributed by atoms with Gasteiger partial charge in [0.05, 0.1) is 9.92 Å². The molecule has 0 heterocycles. The van der Waals surface area contributed by atoms with Gasteiger partial charge in [-0.2, -0.15) is 0 Å². The highest BCUT2D eigenvalue weighted by Gasteiger charge is 2.12. The lowest BCUT2D eigenvalue weighted by molar-refractivity contribution is -0.118. The predicted octanol–water partition coefficient (Wildman–Crippen LogP) is 3.72. The van der Waals surface area contributed by atoms with Gasteiger partial charge in [0, 0.05) is 23.0 Å². The van der Waals surface area contributed by atoms with Gasteiger partial charge in [0.15, 0.2) is 16.4 Å². The van der Waals surface area contributed by atoms with Gasteiger partial charge in [-0.05, 0) is 36.8 Å². The van der Waals surface area contributed by atoms with Crippen LogP contribution in [0.1, 0.15) is 5.56 Å². The third-order valence-corrected chi connectivity index (χ3v) is 4.82. The van der Waals surface area contributed by atoms with Crippen molar-refractivity contribution in [2.45, 2.75) is 11.8 Å². The van der Waals surface area contributed by atoms with Crippen molar-refractivity contribution in [3.63, 3.8) is 0 Å². The molecule has 0 saturated heterocycles. The fourth-order valence-electron chi connectivity index (χ4n) is 1.88. The highest BCUT2D eigenvalue weighted by Crippen LogP contribution is 2.27. The Balaban J connectivity index is 2.09. The molecule has 0 bridgehead atoms. The lowest BCUT2D eigenvalue weighted by atomic mass is 10.2. The van der Waals surface area contributed by atoms with Crippen LogP contribution in [0, 0.1) is 6.92 Å². The van der Waals surface area contributed by atoms with Crippen molar-refractivity contribution >= 4 is 44.6 Å². The zero-order valence-corrected chi connectivity index (χ0v) is 15.3. The summed E-state index contributed by atoms with van der Waals surface area (Å²) in [6.07, 6.45) is 1.10. The summed E-state index contributed by atoms with van der Waals surface area (Å²) >= 11 is 11.8. The molecule has 0 spiro atoms. The van der Waals surface area contributed by atoms with E-state index < -0.39 is 15.7 Å². The molecule has 8 heteroatoms. The van der Waals surface area contributed by atoms with Gasteiger partial charge in [-0.25, -0.2) is 8.42 Å². The topological polar surface area (TPSA) is 72.5 Å². The second kappa shape index (κ2) is 7.42. The zero-order valence-electron chi connectivity index (χ0n) is 13.0. The van der Waals surface area contributed by atoms with Crippen molar-refractivity contribution in [1.82, 2.24) is 0 Å². The molecule has 2 aromatic rings. The minimum absolute atomic E-state index is 0.127. The maximum Gasteiger partial charge on any atom is 0.262 e. The summed E-state index contributed by atoms with van der Waals surface area (Å²) in [4.78, 5) is 12.2. The number of sulfone groups is 1. The molecule has 5 nitrogen and oxygen atoms in total.